The van der Waals surface area contributed by atoms with Gasteiger partial charge in [0.25, 0.3) is 11.8 Å². The number of hydrogen-bond acceptors (Lipinski definition) is 5. The van der Waals surface area contributed by atoms with Crippen molar-refractivity contribution in [1.82, 2.24) is 4.90 Å². The van der Waals surface area contributed by atoms with Crippen LogP contribution in [-0.4, -0.2) is 42.1 Å². The maximum absolute atomic E-state index is 11.4. The first-order valence-electron chi connectivity index (χ1n) is 5.01. The van der Waals surface area contributed by atoms with Crippen molar-refractivity contribution < 1.29 is 23.9 Å². The third-order valence-corrected chi connectivity index (χ3v) is 2.34. The van der Waals surface area contributed by atoms with E-state index in [9.17, 15) is 14.4 Å². The molecule has 16 heavy (non-hydrogen) atoms. The van der Waals surface area contributed by atoms with Gasteiger partial charge in [0.1, 0.15) is 6.54 Å². The molecule has 2 aliphatic heterocycles. The van der Waals surface area contributed by atoms with Crippen LogP contribution in [0.4, 0.5) is 0 Å². The van der Waals surface area contributed by atoms with Crippen molar-refractivity contribution in [3.05, 3.63) is 12.2 Å². The maximum Gasteiger partial charge on any atom is 0.328 e. The number of esters is 1. The van der Waals surface area contributed by atoms with E-state index in [1.807, 2.05) is 0 Å². The Kier molecular flexibility index (Phi) is 3.00. The normalized spacial score (nSPS) is 24.2. The van der Waals surface area contributed by atoms with Crippen LogP contribution in [0.5, 0.6) is 0 Å². The third-order valence-electron chi connectivity index (χ3n) is 2.34. The van der Waals surface area contributed by atoms with E-state index in [4.69, 9.17) is 9.47 Å². The summed E-state index contributed by atoms with van der Waals surface area (Å²) in [6.07, 6.45) is 3.23. The fourth-order valence-corrected chi connectivity index (χ4v) is 1.54. The summed E-state index contributed by atoms with van der Waals surface area (Å²) in [6, 6.07) is 0. The molecular weight excluding hydrogens is 214 g/mol. The predicted octanol–water partition coefficient (Wildman–Crippen LogP) is -0.409. The Morgan fingerprint density at radius 1 is 1.44 bits per heavy atom. The Labute approximate surface area is 91.8 Å². The average Bonchev–Trinajstić information content (AvgIpc) is 2.83. The molecule has 0 spiro atoms. The van der Waals surface area contributed by atoms with Crippen LogP contribution in [0, 0.1) is 0 Å². The van der Waals surface area contributed by atoms with Gasteiger partial charge in [-0.1, -0.05) is 0 Å². The highest BCUT2D eigenvalue weighted by molar-refractivity contribution is 6.14. The van der Waals surface area contributed by atoms with Gasteiger partial charge in [0.2, 0.25) is 6.29 Å². The molecule has 0 aromatic rings. The first-order chi connectivity index (χ1) is 7.66. The van der Waals surface area contributed by atoms with Crippen molar-refractivity contribution in [3.8, 4) is 0 Å². The van der Waals surface area contributed by atoms with Crippen LogP contribution < -0.4 is 0 Å². The molecule has 2 rings (SSSR count). The van der Waals surface area contributed by atoms with Gasteiger partial charge in [0, 0.05) is 18.6 Å². The van der Waals surface area contributed by atoms with Crippen LogP contribution in [0.25, 0.3) is 0 Å². The molecule has 0 aliphatic carbocycles. The van der Waals surface area contributed by atoms with Crippen molar-refractivity contribution >= 4 is 17.8 Å². The van der Waals surface area contributed by atoms with Crippen LogP contribution in [0.1, 0.15) is 12.8 Å². The van der Waals surface area contributed by atoms with Crippen LogP contribution >= 0.6 is 0 Å². The molecule has 0 saturated carbocycles. The van der Waals surface area contributed by atoms with Gasteiger partial charge in [-0.15, -0.1) is 0 Å². The van der Waals surface area contributed by atoms with Gasteiger partial charge in [-0.3, -0.25) is 19.3 Å². The molecule has 1 saturated heterocycles. The summed E-state index contributed by atoms with van der Waals surface area (Å²) in [7, 11) is 0. The largest absolute Gasteiger partial charge is 0.434 e. The second kappa shape index (κ2) is 4.44. The van der Waals surface area contributed by atoms with E-state index in [1.165, 1.54) is 0 Å². The van der Waals surface area contributed by atoms with Crippen molar-refractivity contribution in [2.75, 3.05) is 13.2 Å². The number of imide groups is 1. The Bertz CT molecular complexity index is 338. The molecule has 0 aromatic carbocycles. The van der Waals surface area contributed by atoms with Crippen LogP contribution in [-0.2, 0) is 23.9 Å². The third kappa shape index (κ3) is 2.27. The smallest absolute Gasteiger partial charge is 0.328 e. The number of hydrogen-bond donors (Lipinski definition) is 0. The van der Waals surface area contributed by atoms with Crippen molar-refractivity contribution in [1.29, 1.82) is 0 Å². The molecule has 6 nitrogen and oxygen atoms in total. The lowest BCUT2D eigenvalue weighted by Crippen LogP contribution is -2.37. The first-order valence-corrected chi connectivity index (χ1v) is 5.01. The van der Waals surface area contributed by atoms with Crippen LogP contribution in [0.2, 0.25) is 0 Å². The van der Waals surface area contributed by atoms with Gasteiger partial charge >= 0.3 is 5.97 Å². The molecule has 2 amide bonds. The Morgan fingerprint density at radius 2 is 2.12 bits per heavy atom. The standard InChI is InChI=1S/C10H11NO5/c12-7-3-4-8(13)11(7)6-9(14)16-10-2-1-5-15-10/h3-4,10H,1-2,5-6H2. The zero-order valence-electron chi connectivity index (χ0n) is 8.55. The zero-order chi connectivity index (χ0) is 11.5. The lowest BCUT2D eigenvalue weighted by Gasteiger charge is -2.15. The molecule has 2 heterocycles. The van der Waals surface area contributed by atoms with E-state index in [1.54, 1.807) is 0 Å². The SMILES string of the molecule is O=C(CN1C(=O)C=CC1=O)OC1CCCO1. The fourth-order valence-electron chi connectivity index (χ4n) is 1.54. The summed E-state index contributed by atoms with van der Waals surface area (Å²) in [6.45, 7) is 0.214. The molecule has 0 N–H and O–H groups in total. The molecule has 6 heteroatoms. The Hall–Kier alpha value is -1.69. The Balaban J connectivity index is 1.82. The summed E-state index contributed by atoms with van der Waals surface area (Å²) in [5, 5.41) is 0. The van der Waals surface area contributed by atoms with Gasteiger partial charge in [0.05, 0.1) is 6.61 Å². The summed E-state index contributed by atoms with van der Waals surface area (Å²) >= 11 is 0. The van der Waals surface area contributed by atoms with Crippen molar-refractivity contribution in [2.45, 2.75) is 19.1 Å². The quantitative estimate of drug-likeness (QED) is 0.482. The highest BCUT2D eigenvalue weighted by atomic mass is 16.7. The molecule has 0 aromatic heterocycles. The molecule has 86 valence electrons. The minimum Gasteiger partial charge on any atom is -0.434 e. The van der Waals surface area contributed by atoms with Crippen molar-refractivity contribution in [3.63, 3.8) is 0 Å². The Morgan fingerprint density at radius 3 is 2.69 bits per heavy atom. The highest BCUT2D eigenvalue weighted by Crippen LogP contribution is 2.13. The minimum atomic E-state index is -0.627. The van der Waals surface area contributed by atoms with Crippen LogP contribution in [0.15, 0.2) is 12.2 Å². The first kappa shape index (κ1) is 10.8. The zero-order valence-corrected chi connectivity index (χ0v) is 8.55. The number of rotatable bonds is 3. The lowest BCUT2D eigenvalue weighted by atomic mass is 10.4. The second-order valence-electron chi connectivity index (χ2n) is 3.53. The molecule has 1 atom stereocenters. The van der Waals surface area contributed by atoms with E-state index < -0.39 is 24.1 Å². The molecule has 1 unspecified atom stereocenters. The molecular formula is C10H11NO5. The van der Waals surface area contributed by atoms with Crippen LogP contribution in [0.3, 0.4) is 0 Å². The lowest BCUT2D eigenvalue weighted by molar-refractivity contribution is -0.172. The maximum atomic E-state index is 11.4. The number of ether oxygens (including phenoxy) is 2. The van der Waals surface area contributed by atoms with Gasteiger partial charge in [-0.2, -0.15) is 0 Å². The van der Waals surface area contributed by atoms with E-state index in [0.717, 1.165) is 23.5 Å². The van der Waals surface area contributed by atoms with Crippen molar-refractivity contribution in [2.24, 2.45) is 0 Å². The van der Waals surface area contributed by atoms with Gasteiger partial charge in [-0.05, 0) is 6.42 Å². The second-order valence-corrected chi connectivity index (χ2v) is 3.53. The molecule has 0 bridgehead atoms. The summed E-state index contributed by atoms with van der Waals surface area (Å²) < 4.78 is 10.0. The van der Waals surface area contributed by atoms with E-state index in [0.29, 0.717) is 13.0 Å². The average molecular weight is 225 g/mol. The van der Waals surface area contributed by atoms with Gasteiger partial charge in [-0.25, -0.2) is 0 Å². The molecule has 0 radical (unpaired) electrons. The minimum absolute atomic E-state index is 0.357. The van der Waals surface area contributed by atoms with E-state index in [2.05, 4.69) is 0 Å². The van der Waals surface area contributed by atoms with Gasteiger partial charge < -0.3 is 9.47 Å². The molecule has 2 aliphatic rings. The number of carbonyl (C=O) groups is 3. The summed E-state index contributed by atoms with van der Waals surface area (Å²) in [5.74, 6) is -1.61. The summed E-state index contributed by atoms with van der Waals surface area (Å²) in [5.41, 5.74) is 0. The summed E-state index contributed by atoms with van der Waals surface area (Å²) in [4.78, 5) is 34.5. The van der Waals surface area contributed by atoms with E-state index in [-0.39, 0.29) is 6.54 Å². The molecule has 1 fully saturated rings. The topological polar surface area (TPSA) is 72.9 Å². The van der Waals surface area contributed by atoms with Gasteiger partial charge in [0.15, 0.2) is 0 Å². The number of nitrogens with zero attached hydrogens (tertiary/aromatic N) is 1. The number of carbonyl (C=O) groups excluding carboxylic acids is 3. The highest BCUT2D eigenvalue weighted by Gasteiger charge is 2.28. The monoisotopic (exact) mass is 225 g/mol. The fraction of sp³-hybridized carbons (Fsp3) is 0.500. The number of amides is 2. The van der Waals surface area contributed by atoms with E-state index >= 15 is 0 Å². The predicted molar refractivity (Wildman–Crippen MR) is 50.9 cm³/mol.